The quantitative estimate of drug-likeness (QED) is 0.733. The lowest BCUT2D eigenvalue weighted by atomic mass is 10.1. The van der Waals surface area contributed by atoms with E-state index in [-0.39, 0.29) is 23.4 Å². The molecule has 1 aliphatic rings. The molecule has 26 heavy (non-hydrogen) atoms. The van der Waals surface area contributed by atoms with Gasteiger partial charge in [-0.25, -0.2) is 13.2 Å². The molecule has 1 fully saturated rings. The minimum Gasteiger partial charge on any atom is -0.457 e. The maximum atomic E-state index is 12.5. The molecule has 0 saturated carbocycles. The highest BCUT2D eigenvalue weighted by Gasteiger charge is 2.29. The van der Waals surface area contributed by atoms with Crippen LogP contribution in [0, 0.1) is 11.3 Å². The van der Waals surface area contributed by atoms with E-state index in [2.05, 4.69) is 0 Å². The van der Waals surface area contributed by atoms with Crippen molar-refractivity contribution in [2.75, 3.05) is 11.5 Å². The van der Waals surface area contributed by atoms with Crippen LogP contribution in [-0.4, -0.2) is 31.1 Å². The fourth-order valence-electron chi connectivity index (χ4n) is 2.67. The number of thioether (sulfide) groups is 1. The highest BCUT2D eigenvalue weighted by atomic mass is 32.2. The number of ether oxygens (including phenoxy) is 1. The summed E-state index contributed by atoms with van der Waals surface area (Å²) in [6.45, 7) is 0.112. The molecule has 0 aromatic heterocycles. The lowest BCUT2D eigenvalue weighted by Crippen LogP contribution is -2.10. The van der Waals surface area contributed by atoms with Crippen molar-refractivity contribution in [3.63, 3.8) is 0 Å². The Hall–Kier alpha value is -2.30. The Morgan fingerprint density at radius 2 is 1.92 bits per heavy atom. The molecule has 0 spiro atoms. The zero-order valence-corrected chi connectivity index (χ0v) is 15.6. The second-order valence-corrected chi connectivity index (χ2v) is 9.59. The van der Waals surface area contributed by atoms with Gasteiger partial charge in [-0.1, -0.05) is 24.3 Å². The molecule has 0 amide bonds. The summed E-state index contributed by atoms with van der Waals surface area (Å²) < 4.78 is 28.6. The summed E-state index contributed by atoms with van der Waals surface area (Å²) in [4.78, 5) is 13.2. The lowest BCUT2D eigenvalue weighted by molar-refractivity contribution is 0.0468. The maximum absolute atomic E-state index is 12.5. The van der Waals surface area contributed by atoms with Crippen molar-refractivity contribution in [2.24, 2.45) is 0 Å². The predicted octanol–water partition coefficient (Wildman–Crippen LogP) is 3.19. The minimum absolute atomic E-state index is 0.0347. The number of esters is 1. The van der Waals surface area contributed by atoms with Gasteiger partial charge in [0.25, 0.3) is 0 Å². The van der Waals surface area contributed by atoms with Crippen molar-refractivity contribution in [2.45, 2.75) is 23.2 Å². The summed E-state index contributed by atoms with van der Waals surface area (Å²) in [7, 11) is -2.96. The average Bonchev–Trinajstić information content (AvgIpc) is 2.99. The van der Waals surface area contributed by atoms with Gasteiger partial charge in [0.2, 0.25) is 0 Å². The van der Waals surface area contributed by atoms with Crippen LogP contribution >= 0.6 is 11.8 Å². The summed E-state index contributed by atoms with van der Waals surface area (Å²) >= 11 is 1.42. The Morgan fingerprint density at radius 3 is 2.58 bits per heavy atom. The first-order chi connectivity index (χ1) is 12.5. The van der Waals surface area contributed by atoms with Gasteiger partial charge in [0.15, 0.2) is 9.84 Å². The van der Waals surface area contributed by atoms with Crippen molar-refractivity contribution in [3.05, 3.63) is 65.2 Å². The number of hydrogen-bond donors (Lipinski definition) is 0. The van der Waals surface area contributed by atoms with Gasteiger partial charge in [-0.2, -0.15) is 5.26 Å². The van der Waals surface area contributed by atoms with Crippen LogP contribution in [0.4, 0.5) is 0 Å². The Balaban J connectivity index is 1.66. The third-order valence-corrected chi connectivity index (χ3v) is 7.37. The molecule has 134 valence electrons. The van der Waals surface area contributed by atoms with Gasteiger partial charge >= 0.3 is 5.97 Å². The SMILES string of the molecule is N#Cc1ccc(COC(=O)c2ccccc2S[C@@H]2CCS(=O)(=O)C2)cc1. The van der Waals surface area contributed by atoms with Gasteiger partial charge < -0.3 is 4.74 Å². The number of nitriles is 1. The summed E-state index contributed by atoms with van der Waals surface area (Å²) in [5.41, 5.74) is 1.79. The molecule has 2 aromatic carbocycles. The maximum Gasteiger partial charge on any atom is 0.339 e. The van der Waals surface area contributed by atoms with Crippen LogP contribution in [0.25, 0.3) is 0 Å². The van der Waals surface area contributed by atoms with Gasteiger partial charge in [-0.05, 0) is 36.2 Å². The van der Waals surface area contributed by atoms with Crippen molar-refractivity contribution < 1.29 is 17.9 Å². The van der Waals surface area contributed by atoms with E-state index < -0.39 is 15.8 Å². The summed E-state index contributed by atoms with van der Waals surface area (Å²) in [5.74, 6) is -0.0965. The Bertz CT molecular complexity index is 946. The van der Waals surface area contributed by atoms with E-state index in [1.807, 2.05) is 18.2 Å². The summed E-state index contributed by atoms with van der Waals surface area (Å²) in [6, 6.07) is 16.0. The second-order valence-electron chi connectivity index (χ2n) is 6.02. The third-order valence-electron chi connectivity index (χ3n) is 4.04. The van der Waals surface area contributed by atoms with E-state index in [0.29, 0.717) is 17.5 Å². The molecule has 1 aliphatic heterocycles. The topological polar surface area (TPSA) is 84.2 Å². The normalized spacial score (nSPS) is 18.2. The lowest BCUT2D eigenvalue weighted by Gasteiger charge is -2.12. The first kappa shape index (κ1) is 18.5. The molecule has 3 rings (SSSR count). The van der Waals surface area contributed by atoms with E-state index in [4.69, 9.17) is 10.00 Å². The minimum atomic E-state index is -2.96. The molecule has 0 bridgehead atoms. The van der Waals surface area contributed by atoms with E-state index in [9.17, 15) is 13.2 Å². The number of nitrogens with zero attached hydrogens (tertiary/aromatic N) is 1. The van der Waals surface area contributed by atoms with E-state index >= 15 is 0 Å². The molecule has 5 nitrogen and oxygen atoms in total. The first-order valence-electron chi connectivity index (χ1n) is 8.09. The van der Waals surface area contributed by atoms with E-state index in [1.165, 1.54) is 11.8 Å². The molecule has 2 aromatic rings. The Labute approximate surface area is 156 Å². The molecule has 0 aliphatic carbocycles. The van der Waals surface area contributed by atoms with E-state index in [0.717, 1.165) is 10.5 Å². The number of carbonyl (C=O) groups is 1. The molecule has 1 heterocycles. The van der Waals surface area contributed by atoms with E-state index in [1.54, 1.807) is 36.4 Å². The summed E-state index contributed by atoms with van der Waals surface area (Å²) in [6.07, 6.45) is 0.599. The predicted molar refractivity (Wildman–Crippen MR) is 99.6 cm³/mol. The van der Waals surface area contributed by atoms with Crippen LogP contribution in [0.5, 0.6) is 0 Å². The first-order valence-corrected chi connectivity index (χ1v) is 10.8. The largest absolute Gasteiger partial charge is 0.457 e. The number of carbonyl (C=O) groups excluding carboxylic acids is 1. The number of rotatable bonds is 5. The number of benzene rings is 2. The molecule has 0 unspecified atom stereocenters. The highest BCUT2D eigenvalue weighted by Crippen LogP contribution is 2.33. The van der Waals surface area contributed by atoms with Crippen molar-refractivity contribution >= 4 is 27.6 Å². The van der Waals surface area contributed by atoms with Crippen LogP contribution in [0.1, 0.15) is 27.9 Å². The molecule has 1 saturated heterocycles. The van der Waals surface area contributed by atoms with Gasteiger partial charge in [0.05, 0.1) is 28.7 Å². The van der Waals surface area contributed by atoms with Crippen molar-refractivity contribution in [3.8, 4) is 6.07 Å². The Kier molecular flexibility index (Phi) is 5.64. The molecular weight excluding hydrogens is 370 g/mol. The van der Waals surface area contributed by atoms with Crippen LogP contribution in [0.15, 0.2) is 53.4 Å². The van der Waals surface area contributed by atoms with Crippen molar-refractivity contribution in [1.82, 2.24) is 0 Å². The van der Waals surface area contributed by atoms with Crippen LogP contribution in [-0.2, 0) is 21.2 Å². The zero-order chi connectivity index (χ0) is 18.6. The Morgan fingerprint density at radius 1 is 1.19 bits per heavy atom. The summed E-state index contributed by atoms with van der Waals surface area (Å²) in [5, 5.41) is 8.77. The van der Waals surface area contributed by atoms with Gasteiger partial charge in [-0.3, -0.25) is 0 Å². The molecule has 1 atom stereocenters. The number of hydrogen-bond acceptors (Lipinski definition) is 6. The van der Waals surface area contributed by atoms with Crippen molar-refractivity contribution in [1.29, 1.82) is 5.26 Å². The monoisotopic (exact) mass is 387 g/mol. The van der Waals surface area contributed by atoms with Crippen LogP contribution < -0.4 is 0 Å². The molecule has 0 radical (unpaired) electrons. The van der Waals surface area contributed by atoms with Gasteiger partial charge in [0.1, 0.15) is 6.61 Å². The van der Waals surface area contributed by atoms with Crippen LogP contribution in [0.2, 0.25) is 0 Å². The van der Waals surface area contributed by atoms with Gasteiger partial charge in [-0.15, -0.1) is 11.8 Å². The third kappa shape index (κ3) is 4.65. The van der Waals surface area contributed by atoms with Gasteiger partial charge in [0, 0.05) is 10.1 Å². The van der Waals surface area contributed by atoms with Crippen LogP contribution in [0.3, 0.4) is 0 Å². The molecular formula is C19H17NO4S2. The fourth-order valence-corrected chi connectivity index (χ4v) is 6.29. The standard InChI is InChI=1S/C19H17NO4S2/c20-11-14-5-7-15(8-6-14)12-24-19(21)17-3-1-2-4-18(17)25-16-9-10-26(22,23)13-16/h1-8,16H,9-10,12-13H2/t16-/m1/s1. The second kappa shape index (κ2) is 7.94. The average molecular weight is 387 g/mol. The highest BCUT2D eigenvalue weighted by molar-refractivity contribution is 8.02. The number of sulfone groups is 1. The zero-order valence-electron chi connectivity index (χ0n) is 13.9. The smallest absolute Gasteiger partial charge is 0.339 e. The molecule has 0 N–H and O–H groups in total. The fraction of sp³-hybridized carbons (Fsp3) is 0.263. The molecule has 7 heteroatoms.